The first-order valence-electron chi connectivity index (χ1n) is 7.22. The topological polar surface area (TPSA) is 49.3 Å². The zero-order valence-electron chi connectivity index (χ0n) is 12.4. The highest BCUT2D eigenvalue weighted by Crippen LogP contribution is 2.25. The van der Waals surface area contributed by atoms with Crippen molar-refractivity contribution >= 4 is 28.4 Å². The third kappa shape index (κ3) is 4.14. The van der Waals surface area contributed by atoms with Crippen molar-refractivity contribution in [1.29, 1.82) is 0 Å². The quantitative estimate of drug-likeness (QED) is 0.798. The van der Waals surface area contributed by atoms with E-state index in [0.717, 1.165) is 28.7 Å². The van der Waals surface area contributed by atoms with Crippen molar-refractivity contribution in [2.75, 3.05) is 11.5 Å². The molecule has 0 saturated heterocycles. The molecule has 0 aromatic heterocycles. The number of hydrogen-bond donors (Lipinski definition) is 2. The zero-order valence-corrected chi connectivity index (χ0v) is 13.2. The summed E-state index contributed by atoms with van der Waals surface area (Å²) in [5, 5.41) is 14.9. The summed E-state index contributed by atoms with van der Waals surface area (Å²) >= 11 is 1.86. The van der Waals surface area contributed by atoms with Crippen LogP contribution >= 0.6 is 11.8 Å². The Morgan fingerprint density at radius 2 is 1.95 bits per heavy atom. The van der Waals surface area contributed by atoms with Gasteiger partial charge < -0.3 is 10.4 Å². The molecule has 3 nitrogen and oxygen atoms in total. The number of thioether (sulfide) groups is 1. The molecule has 0 heterocycles. The predicted molar refractivity (Wildman–Crippen MR) is 90.2 cm³/mol. The lowest BCUT2D eigenvalue weighted by Crippen LogP contribution is -2.33. The molecule has 112 valence electrons. The van der Waals surface area contributed by atoms with E-state index in [1.165, 1.54) is 0 Å². The van der Waals surface area contributed by atoms with Crippen LogP contribution in [0.4, 0.5) is 0 Å². The van der Waals surface area contributed by atoms with Crippen LogP contribution in [0, 0.1) is 0 Å². The molecule has 0 spiro atoms. The molecule has 0 fully saturated rings. The van der Waals surface area contributed by atoms with Crippen LogP contribution < -0.4 is 5.32 Å². The fourth-order valence-corrected chi connectivity index (χ4v) is 3.00. The molecule has 2 aromatic carbocycles. The van der Waals surface area contributed by atoms with Crippen molar-refractivity contribution in [2.24, 2.45) is 0 Å². The number of phenols is 1. The minimum absolute atomic E-state index is 0.0290. The first kappa shape index (κ1) is 15.7. The van der Waals surface area contributed by atoms with Crippen molar-refractivity contribution in [3.63, 3.8) is 0 Å². The number of phenolic OH excluding ortho intramolecular Hbond substituents is 1. The van der Waals surface area contributed by atoms with Gasteiger partial charge in [-0.3, -0.25) is 4.79 Å². The van der Waals surface area contributed by atoms with E-state index in [9.17, 15) is 9.90 Å². The van der Waals surface area contributed by atoms with Crippen LogP contribution in [0.2, 0.25) is 0 Å². The standard InChI is InChI=1S/C17H21NO2S/c1-3-21-9-8-12(2)18-17(20)15-10-13-6-4-5-7-14(13)11-16(15)19/h4-7,10-12,19H,3,8-9H2,1-2H3,(H,18,20). The summed E-state index contributed by atoms with van der Waals surface area (Å²) in [6.45, 7) is 4.12. The van der Waals surface area contributed by atoms with Crippen LogP contribution in [0.1, 0.15) is 30.6 Å². The van der Waals surface area contributed by atoms with Crippen LogP contribution in [-0.2, 0) is 0 Å². The molecule has 1 unspecified atom stereocenters. The van der Waals surface area contributed by atoms with Gasteiger partial charge in [0.1, 0.15) is 5.75 Å². The summed E-state index contributed by atoms with van der Waals surface area (Å²) < 4.78 is 0. The molecule has 1 amide bonds. The second kappa shape index (κ2) is 7.36. The van der Waals surface area contributed by atoms with E-state index in [-0.39, 0.29) is 17.7 Å². The molecule has 2 N–H and O–H groups in total. The van der Waals surface area contributed by atoms with Crippen LogP contribution in [0.3, 0.4) is 0 Å². The van der Waals surface area contributed by atoms with Gasteiger partial charge in [-0.2, -0.15) is 11.8 Å². The lowest BCUT2D eigenvalue weighted by molar-refractivity contribution is 0.0937. The van der Waals surface area contributed by atoms with E-state index in [1.807, 2.05) is 43.0 Å². The molecule has 0 aliphatic carbocycles. The minimum atomic E-state index is -0.216. The number of amides is 1. The van der Waals surface area contributed by atoms with Crippen LogP contribution in [0.5, 0.6) is 5.75 Å². The summed E-state index contributed by atoms with van der Waals surface area (Å²) in [7, 11) is 0. The Hall–Kier alpha value is -1.68. The Bertz CT molecular complexity index is 627. The Kier molecular flexibility index (Phi) is 5.51. The summed E-state index contributed by atoms with van der Waals surface area (Å²) in [5.74, 6) is 1.93. The van der Waals surface area contributed by atoms with Crippen LogP contribution in [0.15, 0.2) is 36.4 Å². The Morgan fingerprint density at radius 1 is 1.29 bits per heavy atom. The van der Waals surface area contributed by atoms with Gasteiger partial charge in [0.25, 0.3) is 5.91 Å². The predicted octanol–water partition coefficient (Wildman–Crippen LogP) is 3.81. The van der Waals surface area contributed by atoms with Gasteiger partial charge in [0.2, 0.25) is 0 Å². The molecule has 2 rings (SSSR count). The van der Waals surface area contributed by atoms with Gasteiger partial charge >= 0.3 is 0 Å². The summed E-state index contributed by atoms with van der Waals surface area (Å²) in [4.78, 5) is 12.3. The SMILES string of the molecule is CCSCCC(C)NC(=O)c1cc2ccccc2cc1O. The maximum absolute atomic E-state index is 12.3. The molecule has 0 saturated carbocycles. The highest BCUT2D eigenvalue weighted by molar-refractivity contribution is 7.99. The van der Waals surface area contributed by atoms with Crippen molar-refractivity contribution < 1.29 is 9.90 Å². The van der Waals surface area contributed by atoms with E-state index < -0.39 is 0 Å². The number of carbonyl (C=O) groups is 1. The number of hydrogen-bond acceptors (Lipinski definition) is 3. The van der Waals surface area contributed by atoms with Gasteiger partial charge in [-0.05, 0) is 47.8 Å². The molecular weight excluding hydrogens is 282 g/mol. The number of nitrogens with one attached hydrogen (secondary N) is 1. The van der Waals surface area contributed by atoms with Crippen LogP contribution in [-0.4, -0.2) is 28.6 Å². The average Bonchev–Trinajstić information content (AvgIpc) is 2.46. The van der Waals surface area contributed by atoms with Gasteiger partial charge in [-0.1, -0.05) is 31.2 Å². The highest BCUT2D eigenvalue weighted by Gasteiger charge is 2.14. The summed E-state index contributed by atoms with van der Waals surface area (Å²) in [5.41, 5.74) is 0.337. The number of fused-ring (bicyclic) bond motifs is 1. The van der Waals surface area contributed by atoms with Crippen molar-refractivity contribution in [3.8, 4) is 5.75 Å². The third-order valence-corrected chi connectivity index (χ3v) is 4.32. The summed E-state index contributed by atoms with van der Waals surface area (Å²) in [6.07, 6.45) is 0.929. The number of carbonyl (C=O) groups excluding carboxylic acids is 1. The first-order chi connectivity index (χ1) is 10.1. The second-order valence-electron chi connectivity index (χ2n) is 5.08. The zero-order chi connectivity index (χ0) is 15.2. The van der Waals surface area contributed by atoms with Crippen molar-refractivity contribution in [3.05, 3.63) is 42.0 Å². The lowest BCUT2D eigenvalue weighted by atomic mass is 10.0. The number of rotatable bonds is 6. The molecule has 0 aliphatic rings. The molecule has 0 aliphatic heterocycles. The number of aromatic hydroxyl groups is 1. The molecule has 21 heavy (non-hydrogen) atoms. The van der Waals surface area contributed by atoms with Crippen molar-refractivity contribution in [1.82, 2.24) is 5.32 Å². The second-order valence-corrected chi connectivity index (χ2v) is 6.47. The molecule has 0 radical (unpaired) electrons. The fourth-order valence-electron chi connectivity index (χ4n) is 2.19. The smallest absolute Gasteiger partial charge is 0.255 e. The fraction of sp³-hybridized carbons (Fsp3) is 0.353. The third-order valence-electron chi connectivity index (χ3n) is 3.39. The highest BCUT2D eigenvalue weighted by atomic mass is 32.2. The van der Waals surface area contributed by atoms with Gasteiger partial charge in [0.05, 0.1) is 5.56 Å². The maximum atomic E-state index is 12.3. The average molecular weight is 303 g/mol. The van der Waals surface area contributed by atoms with E-state index >= 15 is 0 Å². The monoisotopic (exact) mass is 303 g/mol. The molecule has 0 bridgehead atoms. The lowest BCUT2D eigenvalue weighted by Gasteiger charge is -2.14. The van der Waals surface area contributed by atoms with Crippen molar-refractivity contribution in [2.45, 2.75) is 26.3 Å². The molecular formula is C17H21NO2S. The van der Waals surface area contributed by atoms with Gasteiger partial charge in [-0.15, -0.1) is 0 Å². The number of benzene rings is 2. The van der Waals surface area contributed by atoms with Gasteiger partial charge in [-0.25, -0.2) is 0 Å². The van der Waals surface area contributed by atoms with Crippen LogP contribution in [0.25, 0.3) is 10.8 Å². The Labute approximate surface area is 129 Å². The van der Waals surface area contributed by atoms with E-state index in [4.69, 9.17) is 0 Å². The first-order valence-corrected chi connectivity index (χ1v) is 8.37. The van der Waals surface area contributed by atoms with Gasteiger partial charge in [0.15, 0.2) is 0 Å². The van der Waals surface area contributed by atoms with E-state index in [2.05, 4.69) is 12.2 Å². The Balaban J connectivity index is 2.10. The van der Waals surface area contributed by atoms with E-state index in [1.54, 1.807) is 12.1 Å². The molecule has 2 aromatic rings. The van der Waals surface area contributed by atoms with E-state index in [0.29, 0.717) is 5.56 Å². The maximum Gasteiger partial charge on any atom is 0.255 e. The minimum Gasteiger partial charge on any atom is -0.507 e. The molecule has 4 heteroatoms. The largest absolute Gasteiger partial charge is 0.507 e. The normalized spacial score (nSPS) is 12.3. The Morgan fingerprint density at radius 3 is 2.62 bits per heavy atom. The molecule has 1 atom stereocenters. The summed E-state index contributed by atoms with van der Waals surface area (Å²) in [6, 6.07) is 11.2. The van der Waals surface area contributed by atoms with Gasteiger partial charge in [0, 0.05) is 6.04 Å².